The van der Waals surface area contributed by atoms with Gasteiger partial charge in [-0.3, -0.25) is 9.78 Å². The molecule has 242 valence electrons. The van der Waals surface area contributed by atoms with Crippen LogP contribution in [0.4, 0.5) is 13.2 Å². The third-order valence-corrected chi connectivity index (χ3v) is 8.36. The number of hydrogen-bond donors (Lipinski definition) is 1. The lowest BCUT2D eigenvalue weighted by molar-refractivity contribution is -0.143. The Morgan fingerprint density at radius 2 is 1.61 bits per heavy atom. The summed E-state index contributed by atoms with van der Waals surface area (Å²) in [4.78, 5) is 21.6. The number of carboxylic acid groups (broad SMARTS) is 1. The maximum atomic E-state index is 13.0. The fourth-order valence-electron chi connectivity index (χ4n) is 5.97. The smallest absolute Gasteiger partial charge is 0.416 e. The van der Waals surface area contributed by atoms with Crippen LogP contribution < -0.4 is 4.74 Å². The molecule has 46 heavy (non-hydrogen) atoms. The summed E-state index contributed by atoms with van der Waals surface area (Å²) < 4.78 is 47.2. The molecule has 0 amide bonds. The number of pyridine rings is 1. The molecule has 3 aromatic carbocycles. The molecule has 9 heteroatoms. The molecule has 6 rings (SSSR count). The van der Waals surface area contributed by atoms with Crippen molar-refractivity contribution in [1.82, 2.24) is 14.5 Å². The number of halogens is 3. The van der Waals surface area contributed by atoms with Gasteiger partial charge in [0.25, 0.3) is 0 Å². The van der Waals surface area contributed by atoms with Crippen molar-refractivity contribution in [3.05, 3.63) is 113 Å². The van der Waals surface area contributed by atoms with Crippen LogP contribution in [0.25, 0.3) is 22.2 Å². The Hall–Kier alpha value is -4.66. The van der Waals surface area contributed by atoms with Crippen LogP contribution in [0.3, 0.4) is 0 Å². The van der Waals surface area contributed by atoms with E-state index >= 15 is 0 Å². The van der Waals surface area contributed by atoms with Crippen molar-refractivity contribution >= 4 is 17.0 Å². The largest absolute Gasteiger partial charge is 0.487 e. The van der Waals surface area contributed by atoms with Crippen LogP contribution in [0.1, 0.15) is 74.7 Å². The van der Waals surface area contributed by atoms with Crippen LogP contribution >= 0.6 is 0 Å². The zero-order valence-electron chi connectivity index (χ0n) is 24.2. The van der Waals surface area contributed by atoms with Crippen LogP contribution in [0, 0.1) is 12.8 Å². The minimum absolute atomic E-state index is 0. The first kappa shape index (κ1) is 34.2. The SMILES string of the molecule is C.C.Cc1ccc(COc2ccc3nc([C@@H]4CCCC[C@H]4C(=O)O)n(Cc4ccc(-c5ccc(C(F)(F)F)cc5)cc4)c3c2)nc1. The maximum Gasteiger partial charge on any atom is 0.416 e. The lowest BCUT2D eigenvalue weighted by Crippen LogP contribution is -2.27. The van der Waals surface area contributed by atoms with Gasteiger partial charge in [0.15, 0.2) is 0 Å². The van der Waals surface area contributed by atoms with Gasteiger partial charge in [0.05, 0.1) is 28.2 Å². The molecule has 1 N–H and O–H groups in total. The number of hydrogen-bond acceptors (Lipinski definition) is 4. The second-order valence-corrected chi connectivity index (χ2v) is 11.4. The van der Waals surface area contributed by atoms with Gasteiger partial charge in [0, 0.05) is 24.7 Å². The van der Waals surface area contributed by atoms with Gasteiger partial charge >= 0.3 is 12.1 Å². The summed E-state index contributed by atoms with van der Waals surface area (Å²) in [7, 11) is 0. The molecule has 1 aliphatic rings. The standard InChI is InChI=1S/C35H32F3N3O3.2CH4/c1-22-6-15-27(39-19-22)21-44-28-16-17-31-32(18-28)41(33(40-31)29-4-2-3-5-30(29)34(42)43)20-23-7-9-24(10-8-23)25-11-13-26(14-12-25)35(36,37)38;;/h6-19,29-30H,2-5,20-21H2,1H3,(H,42,43);2*1H4/t29-,30-;;/m1../s1. The van der Waals surface area contributed by atoms with Crippen LogP contribution in [-0.2, 0) is 24.1 Å². The molecule has 0 unspecified atom stereocenters. The molecule has 2 aromatic heterocycles. The molecule has 1 saturated carbocycles. The van der Waals surface area contributed by atoms with E-state index in [-0.39, 0.29) is 20.8 Å². The highest BCUT2D eigenvalue weighted by Crippen LogP contribution is 2.40. The van der Waals surface area contributed by atoms with Crippen molar-refractivity contribution in [3.8, 4) is 16.9 Å². The van der Waals surface area contributed by atoms with E-state index in [2.05, 4.69) is 9.55 Å². The van der Waals surface area contributed by atoms with Crippen LogP contribution in [0.2, 0.25) is 0 Å². The van der Waals surface area contributed by atoms with E-state index in [9.17, 15) is 23.1 Å². The number of carbonyl (C=O) groups is 1. The molecule has 1 aliphatic carbocycles. The maximum absolute atomic E-state index is 13.0. The highest BCUT2D eigenvalue weighted by atomic mass is 19.4. The highest BCUT2D eigenvalue weighted by Gasteiger charge is 2.35. The van der Waals surface area contributed by atoms with Gasteiger partial charge in [0.2, 0.25) is 0 Å². The summed E-state index contributed by atoms with van der Waals surface area (Å²) in [6.45, 7) is 2.74. The summed E-state index contributed by atoms with van der Waals surface area (Å²) in [5.41, 5.74) is 5.25. The van der Waals surface area contributed by atoms with E-state index in [0.717, 1.165) is 70.6 Å². The van der Waals surface area contributed by atoms with Crippen LogP contribution in [-0.4, -0.2) is 25.6 Å². The van der Waals surface area contributed by atoms with Crippen molar-refractivity contribution in [3.63, 3.8) is 0 Å². The number of benzene rings is 3. The molecule has 1 fully saturated rings. The topological polar surface area (TPSA) is 77.2 Å². The first-order valence-corrected chi connectivity index (χ1v) is 14.7. The molecule has 0 radical (unpaired) electrons. The number of fused-ring (bicyclic) bond motifs is 1. The van der Waals surface area contributed by atoms with Crippen molar-refractivity contribution in [2.75, 3.05) is 0 Å². The number of aliphatic carboxylic acids is 1. The highest BCUT2D eigenvalue weighted by molar-refractivity contribution is 5.79. The van der Waals surface area contributed by atoms with E-state index in [0.29, 0.717) is 30.9 Å². The number of aromatic nitrogens is 3. The number of imidazole rings is 1. The Balaban J connectivity index is 0.00000240. The quantitative estimate of drug-likeness (QED) is 0.185. The van der Waals surface area contributed by atoms with Gasteiger partial charge in [-0.15, -0.1) is 0 Å². The van der Waals surface area contributed by atoms with E-state index in [1.165, 1.54) is 12.1 Å². The number of ether oxygens (including phenoxy) is 1. The summed E-state index contributed by atoms with van der Waals surface area (Å²) in [5, 5.41) is 10.0. The van der Waals surface area contributed by atoms with Crippen molar-refractivity contribution in [2.45, 2.75) is 72.7 Å². The fraction of sp³-hybridized carbons (Fsp3) is 0.324. The van der Waals surface area contributed by atoms with E-state index in [1.54, 1.807) is 6.20 Å². The Labute approximate surface area is 267 Å². The van der Waals surface area contributed by atoms with Crippen molar-refractivity contribution < 1.29 is 27.8 Å². The molecule has 0 aliphatic heterocycles. The Morgan fingerprint density at radius 1 is 0.935 bits per heavy atom. The number of aryl methyl sites for hydroxylation is 1. The minimum atomic E-state index is -4.38. The van der Waals surface area contributed by atoms with Crippen molar-refractivity contribution in [2.24, 2.45) is 5.92 Å². The third kappa shape index (κ3) is 7.41. The number of carboxylic acids is 1. The van der Waals surface area contributed by atoms with E-state index in [4.69, 9.17) is 9.72 Å². The lowest BCUT2D eigenvalue weighted by Gasteiger charge is -2.28. The van der Waals surface area contributed by atoms with E-state index < -0.39 is 23.6 Å². The van der Waals surface area contributed by atoms with Crippen LogP contribution in [0.15, 0.2) is 85.1 Å². The van der Waals surface area contributed by atoms with Crippen LogP contribution in [0.5, 0.6) is 5.75 Å². The molecule has 2 atom stereocenters. The second-order valence-electron chi connectivity index (χ2n) is 11.4. The van der Waals surface area contributed by atoms with Gasteiger partial charge in [-0.25, -0.2) is 4.98 Å². The normalized spacial score (nSPS) is 16.3. The van der Waals surface area contributed by atoms with Gasteiger partial charge in [-0.2, -0.15) is 13.2 Å². The number of rotatable bonds is 8. The van der Waals surface area contributed by atoms with Gasteiger partial charge in [0.1, 0.15) is 18.2 Å². The van der Waals surface area contributed by atoms with Gasteiger partial charge in [-0.05, 0) is 72.4 Å². The predicted octanol–water partition coefficient (Wildman–Crippen LogP) is 9.68. The van der Waals surface area contributed by atoms with Gasteiger partial charge < -0.3 is 14.4 Å². The molecule has 0 bridgehead atoms. The lowest BCUT2D eigenvalue weighted by atomic mass is 9.78. The Kier molecular flexibility index (Phi) is 10.6. The molecule has 5 aromatic rings. The Bertz CT molecular complexity index is 1760. The van der Waals surface area contributed by atoms with Gasteiger partial charge in [-0.1, -0.05) is 70.2 Å². The third-order valence-electron chi connectivity index (χ3n) is 8.36. The summed E-state index contributed by atoms with van der Waals surface area (Å²) in [6, 6.07) is 22.4. The first-order valence-electron chi connectivity index (χ1n) is 14.7. The Morgan fingerprint density at radius 3 is 2.24 bits per heavy atom. The summed E-state index contributed by atoms with van der Waals surface area (Å²) in [5.74, 6) is -0.130. The molecule has 0 spiro atoms. The summed E-state index contributed by atoms with van der Waals surface area (Å²) >= 11 is 0. The zero-order valence-corrected chi connectivity index (χ0v) is 24.2. The average molecular weight is 632 g/mol. The minimum Gasteiger partial charge on any atom is -0.487 e. The second kappa shape index (κ2) is 14.2. The van der Waals surface area contributed by atoms with Crippen molar-refractivity contribution in [1.29, 1.82) is 0 Å². The molecule has 6 nitrogen and oxygen atoms in total. The van der Waals surface area contributed by atoms with E-state index in [1.807, 2.05) is 61.5 Å². The monoisotopic (exact) mass is 631 g/mol. The summed E-state index contributed by atoms with van der Waals surface area (Å²) in [6.07, 6.45) is 0.600. The number of nitrogens with zero attached hydrogens (tertiary/aromatic N) is 3. The molecular weight excluding hydrogens is 591 g/mol. The molecule has 2 heterocycles. The molecule has 0 saturated heterocycles. The first-order chi connectivity index (χ1) is 21.2. The molecular formula is C37H40F3N3O3. The zero-order chi connectivity index (χ0) is 30.8. The predicted molar refractivity (Wildman–Crippen MR) is 175 cm³/mol. The average Bonchev–Trinajstić information content (AvgIpc) is 3.38. The fourth-order valence-corrected chi connectivity index (χ4v) is 5.97. The number of alkyl halides is 3.